The van der Waals surface area contributed by atoms with Crippen molar-refractivity contribution in [2.75, 3.05) is 38.2 Å². The van der Waals surface area contributed by atoms with Crippen molar-refractivity contribution in [3.8, 4) is 0 Å². The van der Waals surface area contributed by atoms with Gasteiger partial charge in [-0.05, 0) is 32.4 Å². The highest BCUT2D eigenvalue weighted by atomic mass is 32.1. The van der Waals surface area contributed by atoms with Crippen molar-refractivity contribution in [1.29, 1.82) is 0 Å². The quantitative estimate of drug-likeness (QED) is 0.763. The van der Waals surface area contributed by atoms with Gasteiger partial charge in [0.25, 0.3) is 0 Å². The first kappa shape index (κ1) is 18.4. The largest absolute Gasteiger partial charge is 0.382 e. The molecule has 0 aromatic carbocycles. The van der Waals surface area contributed by atoms with Crippen LogP contribution in [-0.2, 0) is 4.74 Å². The molecular weight excluding hydrogens is 363 g/mol. The van der Waals surface area contributed by atoms with Crippen LogP contribution in [0.4, 0.5) is 9.39 Å². The summed E-state index contributed by atoms with van der Waals surface area (Å²) in [5.74, 6) is -0.250. The van der Waals surface area contributed by atoms with E-state index in [9.17, 15) is 4.39 Å². The molecule has 2 aromatic heterocycles. The number of piperazine rings is 1. The number of halogens is 1. The molecule has 4 rings (SSSR count). The number of nitrogens with one attached hydrogen (secondary N) is 2. The van der Waals surface area contributed by atoms with Gasteiger partial charge in [-0.2, -0.15) is 0 Å². The Kier molecular flexibility index (Phi) is 5.43. The number of rotatable bonds is 5. The van der Waals surface area contributed by atoms with Gasteiger partial charge in [0.05, 0.1) is 16.3 Å². The minimum atomic E-state index is -0.250. The lowest BCUT2D eigenvalue weighted by Gasteiger charge is -2.36. The van der Waals surface area contributed by atoms with Gasteiger partial charge in [-0.1, -0.05) is 0 Å². The van der Waals surface area contributed by atoms with Gasteiger partial charge in [-0.15, -0.1) is 11.3 Å². The minimum absolute atomic E-state index is 0.250. The molecule has 0 amide bonds. The number of aromatic nitrogens is 1. The third-order valence-electron chi connectivity index (χ3n) is 5.01. The molecular formula is C20H25FN4OS. The Morgan fingerprint density at radius 2 is 2.33 bits per heavy atom. The lowest BCUT2D eigenvalue weighted by atomic mass is 10.1. The summed E-state index contributed by atoms with van der Waals surface area (Å²) >= 11 is 1.69. The average Bonchev–Trinajstić information content (AvgIpc) is 2.95. The first-order valence-corrected chi connectivity index (χ1v) is 10.3. The molecule has 1 atom stereocenters. The smallest absolute Gasteiger partial charge is 0.135 e. The fourth-order valence-electron chi connectivity index (χ4n) is 3.75. The van der Waals surface area contributed by atoms with Crippen molar-refractivity contribution in [2.45, 2.75) is 26.3 Å². The van der Waals surface area contributed by atoms with Crippen molar-refractivity contribution in [2.24, 2.45) is 0 Å². The van der Waals surface area contributed by atoms with Crippen LogP contribution in [-0.4, -0.2) is 48.8 Å². The number of pyridine rings is 1. The molecule has 0 radical (unpaired) electrons. The fourth-order valence-corrected chi connectivity index (χ4v) is 4.63. The zero-order chi connectivity index (χ0) is 18.8. The summed E-state index contributed by atoms with van der Waals surface area (Å²) < 4.78 is 20.0. The maximum absolute atomic E-state index is 14.5. The third kappa shape index (κ3) is 3.72. The van der Waals surface area contributed by atoms with Crippen LogP contribution < -0.4 is 21.2 Å². The summed E-state index contributed by atoms with van der Waals surface area (Å²) in [6.45, 7) is 8.22. The normalized spacial score (nSPS) is 19.0. The number of hydrogen-bond acceptors (Lipinski definition) is 6. The van der Waals surface area contributed by atoms with Crippen molar-refractivity contribution in [3.63, 3.8) is 0 Å². The Morgan fingerprint density at radius 1 is 1.44 bits per heavy atom. The van der Waals surface area contributed by atoms with E-state index in [-0.39, 0.29) is 5.82 Å². The standard InChI is InChI=1S/C20H25FN4OS/c1-3-26-9-5-14-12-25(8-7-22-14)19-15-10-13(2)27-20(15)24-11-16-17(21)4-6-23-18(16)19/h4,6,10-11,14,22,24H,3,5,7-9,12H2,1-2H3. The van der Waals surface area contributed by atoms with E-state index in [1.807, 2.05) is 6.92 Å². The van der Waals surface area contributed by atoms with E-state index >= 15 is 0 Å². The summed E-state index contributed by atoms with van der Waals surface area (Å²) in [6, 6.07) is 3.94. The number of thiophene rings is 1. The van der Waals surface area contributed by atoms with Crippen LogP contribution in [0.1, 0.15) is 23.8 Å². The molecule has 0 aliphatic carbocycles. The van der Waals surface area contributed by atoms with Gasteiger partial charge in [0.2, 0.25) is 0 Å². The molecule has 4 heterocycles. The fraction of sp³-hybridized carbons (Fsp3) is 0.450. The van der Waals surface area contributed by atoms with Gasteiger partial charge in [-0.3, -0.25) is 4.98 Å². The Bertz CT molecular complexity index is 942. The van der Waals surface area contributed by atoms with Crippen molar-refractivity contribution >= 4 is 28.2 Å². The molecule has 2 aliphatic rings. The van der Waals surface area contributed by atoms with Gasteiger partial charge in [-0.25, -0.2) is 4.39 Å². The SMILES string of the molecule is CCOCCC1CN(C2=c3nccc(F)c3=CNc3sc(C)cc32)CCN1. The number of anilines is 1. The van der Waals surface area contributed by atoms with Gasteiger partial charge < -0.3 is 20.3 Å². The van der Waals surface area contributed by atoms with E-state index in [2.05, 4.69) is 33.5 Å². The molecule has 27 heavy (non-hydrogen) atoms. The number of aryl methyl sites for hydroxylation is 1. The van der Waals surface area contributed by atoms with Crippen LogP contribution in [0.15, 0.2) is 18.3 Å². The maximum atomic E-state index is 14.5. The molecule has 0 saturated carbocycles. The predicted octanol–water partition coefficient (Wildman–Crippen LogP) is 1.61. The highest BCUT2D eigenvalue weighted by Gasteiger charge is 2.26. The number of ether oxygens (including phenoxy) is 1. The Balaban J connectivity index is 1.77. The Hall–Kier alpha value is -1.96. The molecule has 2 aromatic rings. The maximum Gasteiger partial charge on any atom is 0.135 e. The first-order valence-electron chi connectivity index (χ1n) is 9.45. The molecule has 0 spiro atoms. The van der Waals surface area contributed by atoms with Crippen LogP contribution in [0, 0.1) is 12.7 Å². The molecule has 0 bridgehead atoms. The van der Waals surface area contributed by atoms with E-state index in [1.54, 1.807) is 23.7 Å². The van der Waals surface area contributed by atoms with E-state index < -0.39 is 0 Å². The zero-order valence-corrected chi connectivity index (χ0v) is 16.5. The van der Waals surface area contributed by atoms with Crippen molar-refractivity contribution in [1.82, 2.24) is 15.2 Å². The second-order valence-electron chi connectivity index (χ2n) is 6.87. The van der Waals surface area contributed by atoms with Gasteiger partial charge in [0.1, 0.15) is 10.8 Å². The molecule has 2 N–H and O–H groups in total. The molecule has 7 heteroatoms. The summed E-state index contributed by atoms with van der Waals surface area (Å²) in [5, 5.41) is 9.16. The minimum Gasteiger partial charge on any atom is -0.382 e. The monoisotopic (exact) mass is 388 g/mol. The summed E-state index contributed by atoms with van der Waals surface area (Å²) in [4.78, 5) is 8.15. The predicted molar refractivity (Wildman–Crippen MR) is 108 cm³/mol. The summed E-state index contributed by atoms with van der Waals surface area (Å²) in [7, 11) is 0. The first-order chi connectivity index (χ1) is 13.2. The lowest BCUT2D eigenvalue weighted by Crippen LogP contribution is -2.52. The van der Waals surface area contributed by atoms with Crippen LogP contribution >= 0.6 is 11.3 Å². The van der Waals surface area contributed by atoms with Gasteiger partial charge in [0.15, 0.2) is 0 Å². The van der Waals surface area contributed by atoms with Crippen molar-refractivity contribution < 1.29 is 9.13 Å². The van der Waals surface area contributed by atoms with Crippen LogP contribution in [0.3, 0.4) is 0 Å². The summed E-state index contributed by atoms with van der Waals surface area (Å²) in [5.41, 5.74) is 2.13. The molecule has 1 saturated heterocycles. The van der Waals surface area contributed by atoms with Gasteiger partial charge >= 0.3 is 0 Å². The van der Waals surface area contributed by atoms with E-state index in [4.69, 9.17) is 4.74 Å². The molecule has 1 unspecified atom stereocenters. The van der Waals surface area contributed by atoms with E-state index in [1.165, 1.54) is 10.9 Å². The molecule has 144 valence electrons. The van der Waals surface area contributed by atoms with Crippen molar-refractivity contribution in [3.05, 3.63) is 45.2 Å². The Morgan fingerprint density at radius 3 is 3.19 bits per heavy atom. The summed E-state index contributed by atoms with van der Waals surface area (Å²) in [6.07, 6.45) is 4.26. The second-order valence-corrected chi connectivity index (χ2v) is 8.13. The molecule has 1 fully saturated rings. The van der Waals surface area contributed by atoms with E-state index in [0.717, 1.165) is 55.5 Å². The lowest BCUT2D eigenvalue weighted by molar-refractivity contribution is 0.127. The average molecular weight is 389 g/mol. The highest BCUT2D eigenvalue weighted by Crippen LogP contribution is 2.34. The molecule has 2 aliphatic heterocycles. The van der Waals surface area contributed by atoms with Crippen LogP contribution in [0.5, 0.6) is 0 Å². The molecule has 5 nitrogen and oxygen atoms in total. The van der Waals surface area contributed by atoms with Crippen LogP contribution in [0.2, 0.25) is 0 Å². The topological polar surface area (TPSA) is 49.4 Å². The van der Waals surface area contributed by atoms with Gasteiger partial charge in [0, 0.05) is 61.7 Å². The number of nitrogens with zero attached hydrogens (tertiary/aromatic N) is 2. The third-order valence-corrected chi connectivity index (χ3v) is 5.99. The second kappa shape index (κ2) is 7.96. The Labute approximate surface area is 162 Å². The zero-order valence-electron chi connectivity index (χ0n) is 15.7. The van der Waals surface area contributed by atoms with E-state index in [0.29, 0.717) is 16.6 Å². The van der Waals surface area contributed by atoms with Crippen LogP contribution in [0.25, 0.3) is 11.9 Å². The number of hydrogen-bond donors (Lipinski definition) is 2. The highest BCUT2D eigenvalue weighted by molar-refractivity contribution is 7.16. The number of fused-ring (bicyclic) bond motifs is 2.